The largest absolute Gasteiger partial charge is 0.508 e. The van der Waals surface area contributed by atoms with Crippen LogP contribution in [-0.4, -0.2) is 40.4 Å². The van der Waals surface area contributed by atoms with Crippen LogP contribution in [0, 0.1) is 0 Å². The summed E-state index contributed by atoms with van der Waals surface area (Å²) < 4.78 is 0. The molecule has 0 bridgehead atoms. The lowest BCUT2D eigenvalue weighted by molar-refractivity contribution is -0.131. The number of phenolic OH excluding ortho intramolecular Hbond substituents is 1. The van der Waals surface area contributed by atoms with Crippen molar-refractivity contribution in [1.29, 1.82) is 0 Å². The molecule has 1 fully saturated rings. The van der Waals surface area contributed by atoms with Gasteiger partial charge >= 0.3 is 6.03 Å². The zero-order chi connectivity index (χ0) is 19.2. The highest BCUT2D eigenvalue weighted by Crippen LogP contribution is 2.14. The molecule has 0 radical (unpaired) electrons. The summed E-state index contributed by atoms with van der Waals surface area (Å²) in [5, 5.41) is 14.6. The lowest BCUT2D eigenvalue weighted by Gasteiger charge is -2.13. The smallest absolute Gasteiger partial charge is 0.325 e. The molecule has 4 amide bonds. The highest BCUT2D eigenvalue weighted by atomic mass is 16.3. The summed E-state index contributed by atoms with van der Waals surface area (Å²) in [5.41, 5.74) is 1.83. The normalized spacial score (nSPS) is 16.3. The van der Waals surface area contributed by atoms with Crippen LogP contribution in [0.1, 0.15) is 17.5 Å². The van der Waals surface area contributed by atoms with Crippen LogP contribution in [0.15, 0.2) is 54.6 Å². The van der Waals surface area contributed by atoms with Crippen molar-refractivity contribution in [1.82, 2.24) is 15.5 Å². The third-order valence-corrected chi connectivity index (χ3v) is 4.35. The van der Waals surface area contributed by atoms with Crippen molar-refractivity contribution in [3.63, 3.8) is 0 Å². The molecule has 0 aliphatic carbocycles. The SMILES string of the molecule is O=C(CC1NC(=O)N(Cc2ccccc2)C1=O)NCCc1ccc(O)cc1. The van der Waals surface area contributed by atoms with E-state index in [-0.39, 0.29) is 24.6 Å². The van der Waals surface area contributed by atoms with E-state index in [1.807, 2.05) is 30.3 Å². The first-order chi connectivity index (χ1) is 13.0. The molecule has 7 heteroatoms. The van der Waals surface area contributed by atoms with E-state index in [9.17, 15) is 19.5 Å². The summed E-state index contributed by atoms with van der Waals surface area (Å²) in [6, 6.07) is 14.6. The second-order valence-electron chi connectivity index (χ2n) is 6.38. The Bertz CT molecular complexity index is 821. The predicted molar refractivity (Wildman–Crippen MR) is 98.7 cm³/mol. The van der Waals surface area contributed by atoms with Crippen LogP contribution in [0.4, 0.5) is 4.79 Å². The Balaban J connectivity index is 1.47. The number of imide groups is 1. The molecule has 1 unspecified atom stereocenters. The first-order valence-electron chi connectivity index (χ1n) is 8.73. The van der Waals surface area contributed by atoms with Gasteiger partial charge in [-0.2, -0.15) is 0 Å². The average Bonchev–Trinajstić information content (AvgIpc) is 2.91. The van der Waals surface area contributed by atoms with Crippen LogP contribution >= 0.6 is 0 Å². The van der Waals surface area contributed by atoms with Crippen LogP contribution < -0.4 is 10.6 Å². The van der Waals surface area contributed by atoms with E-state index in [4.69, 9.17) is 0 Å². The molecule has 1 atom stereocenters. The topological polar surface area (TPSA) is 98.7 Å². The Morgan fingerprint density at radius 3 is 2.44 bits per heavy atom. The second-order valence-corrected chi connectivity index (χ2v) is 6.38. The number of benzene rings is 2. The number of rotatable bonds is 7. The van der Waals surface area contributed by atoms with Crippen LogP contribution in [0.5, 0.6) is 5.75 Å². The zero-order valence-corrected chi connectivity index (χ0v) is 14.7. The molecule has 0 aromatic heterocycles. The standard InChI is InChI=1S/C20H21N3O4/c24-16-8-6-14(7-9-16)10-11-21-18(25)12-17-19(26)23(20(27)22-17)13-15-4-2-1-3-5-15/h1-9,17,24H,10-13H2,(H,21,25)(H,22,27). The number of nitrogens with one attached hydrogen (secondary N) is 2. The van der Waals surface area contributed by atoms with Crippen molar-refractivity contribution in [2.75, 3.05) is 6.54 Å². The molecule has 1 heterocycles. The third-order valence-electron chi connectivity index (χ3n) is 4.35. The molecule has 1 saturated heterocycles. The van der Waals surface area contributed by atoms with Gasteiger partial charge in [0.2, 0.25) is 5.91 Å². The Hall–Kier alpha value is -3.35. The molecule has 3 rings (SSSR count). The zero-order valence-electron chi connectivity index (χ0n) is 14.7. The van der Waals surface area contributed by atoms with Gasteiger partial charge in [0.25, 0.3) is 5.91 Å². The second kappa shape index (κ2) is 8.35. The van der Waals surface area contributed by atoms with E-state index in [0.717, 1.165) is 16.0 Å². The number of carbonyl (C=O) groups excluding carboxylic acids is 3. The van der Waals surface area contributed by atoms with Crippen molar-refractivity contribution < 1.29 is 19.5 Å². The van der Waals surface area contributed by atoms with E-state index in [0.29, 0.717) is 13.0 Å². The van der Waals surface area contributed by atoms with E-state index < -0.39 is 18.0 Å². The van der Waals surface area contributed by atoms with Gasteiger partial charge in [-0.15, -0.1) is 0 Å². The van der Waals surface area contributed by atoms with Crippen molar-refractivity contribution in [2.24, 2.45) is 0 Å². The summed E-state index contributed by atoms with van der Waals surface area (Å²) in [5.74, 6) is -0.496. The van der Waals surface area contributed by atoms with Gasteiger partial charge in [0.05, 0.1) is 13.0 Å². The molecule has 0 saturated carbocycles. The first-order valence-corrected chi connectivity index (χ1v) is 8.73. The number of aromatic hydroxyl groups is 1. The first kappa shape index (κ1) is 18.4. The van der Waals surface area contributed by atoms with Gasteiger partial charge in [-0.3, -0.25) is 14.5 Å². The monoisotopic (exact) mass is 367 g/mol. The molecule has 140 valence electrons. The molecule has 3 N–H and O–H groups in total. The van der Waals surface area contributed by atoms with Crippen LogP contribution in [0.2, 0.25) is 0 Å². The highest BCUT2D eigenvalue weighted by Gasteiger charge is 2.38. The third kappa shape index (κ3) is 4.84. The number of phenols is 1. The fourth-order valence-corrected chi connectivity index (χ4v) is 2.90. The summed E-state index contributed by atoms with van der Waals surface area (Å²) >= 11 is 0. The minimum Gasteiger partial charge on any atom is -0.508 e. The number of urea groups is 1. The molecular weight excluding hydrogens is 346 g/mol. The molecule has 2 aromatic rings. The maximum Gasteiger partial charge on any atom is 0.325 e. The fraction of sp³-hybridized carbons (Fsp3) is 0.250. The Labute approximate surface area is 157 Å². The van der Waals surface area contributed by atoms with Crippen molar-refractivity contribution >= 4 is 17.8 Å². The lowest BCUT2D eigenvalue weighted by atomic mass is 10.1. The van der Waals surface area contributed by atoms with Gasteiger partial charge in [-0.05, 0) is 29.7 Å². The molecule has 1 aliphatic rings. The Kier molecular flexibility index (Phi) is 5.71. The van der Waals surface area contributed by atoms with Gasteiger partial charge in [0.15, 0.2) is 0 Å². The van der Waals surface area contributed by atoms with Gasteiger partial charge in [-0.1, -0.05) is 42.5 Å². The maximum atomic E-state index is 12.4. The lowest BCUT2D eigenvalue weighted by Crippen LogP contribution is -2.37. The van der Waals surface area contributed by atoms with Gasteiger partial charge < -0.3 is 15.7 Å². The predicted octanol–water partition coefficient (Wildman–Crippen LogP) is 1.56. The van der Waals surface area contributed by atoms with Crippen molar-refractivity contribution in [3.8, 4) is 5.75 Å². The minimum absolute atomic E-state index is 0.0918. The van der Waals surface area contributed by atoms with Gasteiger partial charge in [0, 0.05) is 6.54 Å². The summed E-state index contributed by atoms with van der Waals surface area (Å²) in [6.45, 7) is 0.594. The molecule has 0 spiro atoms. The summed E-state index contributed by atoms with van der Waals surface area (Å²) in [4.78, 5) is 37.7. The van der Waals surface area contributed by atoms with E-state index in [1.54, 1.807) is 24.3 Å². The highest BCUT2D eigenvalue weighted by molar-refractivity contribution is 6.05. The Morgan fingerprint density at radius 1 is 1.04 bits per heavy atom. The average molecular weight is 367 g/mol. The Morgan fingerprint density at radius 2 is 1.74 bits per heavy atom. The van der Waals surface area contributed by atoms with Crippen LogP contribution in [0.3, 0.4) is 0 Å². The van der Waals surface area contributed by atoms with E-state index in [1.165, 1.54) is 0 Å². The molecule has 2 aromatic carbocycles. The number of hydrogen-bond donors (Lipinski definition) is 3. The number of carbonyl (C=O) groups is 3. The minimum atomic E-state index is -0.838. The van der Waals surface area contributed by atoms with Gasteiger partial charge in [0.1, 0.15) is 11.8 Å². The summed E-state index contributed by atoms with van der Waals surface area (Å²) in [7, 11) is 0. The van der Waals surface area contributed by atoms with E-state index >= 15 is 0 Å². The van der Waals surface area contributed by atoms with Crippen LogP contribution in [0.25, 0.3) is 0 Å². The quantitative estimate of drug-likeness (QED) is 0.647. The fourth-order valence-electron chi connectivity index (χ4n) is 2.90. The molecule has 7 nitrogen and oxygen atoms in total. The summed E-state index contributed by atoms with van der Waals surface area (Å²) in [6.07, 6.45) is 0.516. The molecule has 1 aliphatic heterocycles. The van der Waals surface area contributed by atoms with Gasteiger partial charge in [-0.25, -0.2) is 4.79 Å². The van der Waals surface area contributed by atoms with E-state index in [2.05, 4.69) is 10.6 Å². The molecule has 27 heavy (non-hydrogen) atoms. The number of hydrogen-bond acceptors (Lipinski definition) is 4. The number of nitrogens with zero attached hydrogens (tertiary/aromatic N) is 1. The molecular formula is C20H21N3O4. The number of amides is 4. The van der Waals surface area contributed by atoms with Crippen molar-refractivity contribution in [3.05, 3.63) is 65.7 Å². The van der Waals surface area contributed by atoms with Crippen LogP contribution in [-0.2, 0) is 22.6 Å². The van der Waals surface area contributed by atoms with Crippen molar-refractivity contribution in [2.45, 2.75) is 25.4 Å². The maximum absolute atomic E-state index is 12.4.